The van der Waals surface area contributed by atoms with Gasteiger partial charge in [-0.3, -0.25) is 14.4 Å². The summed E-state index contributed by atoms with van der Waals surface area (Å²) in [5.74, 6) is 0.192. The van der Waals surface area contributed by atoms with E-state index in [1.807, 2.05) is 4.68 Å². The van der Waals surface area contributed by atoms with Crippen LogP contribution in [0.25, 0.3) is 0 Å². The molecule has 0 bridgehead atoms. The predicted molar refractivity (Wildman–Crippen MR) is 80.3 cm³/mol. The summed E-state index contributed by atoms with van der Waals surface area (Å²) in [7, 11) is 0. The standard InChI is InChI=1S/C16H25N3O2/c1-3-12-8-14(19(4-2)17-12)9-15(20)16-10-18-7-5-6-13(18)11-21-16/h8,13,16H,3-7,9-11H2,1-2H3. The maximum absolute atomic E-state index is 12.5. The second-order valence-electron chi connectivity index (χ2n) is 6.05. The lowest BCUT2D eigenvalue weighted by Crippen LogP contribution is -2.49. The van der Waals surface area contributed by atoms with Crippen molar-refractivity contribution in [1.29, 1.82) is 0 Å². The Morgan fingerprint density at radius 1 is 1.48 bits per heavy atom. The molecular formula is C16H25N3O2. The average Bonchev–Trinajstić information content (AvgIpc) is 3.12. The molecule has 0 radical (unpaired) electrons. The lowest BCUT2D eigenvalue weighted by molar-refractivity contribution is -0.137. The summed E-state index contributed by atoms with van der Waals surface area (Å²) in [5, 5.41) is 4.51. The Balaban J connectivity index is 1.64. The number of aromatic nitrogens is 2. The second kappa shape index (κ2) is 6.28. The van der Waals surface area contributed by atoms with Crippen molar-refractivity contribution in [2.75, 3.05) is 19.7 Å². The van der Waals surface area contributed by atoms with E-state index in [4.69, 9.17) is 4.74 Å². The van der Waals surface area contributed by atoms with Crippen LogP contribution in [-0.2, 0) is 28.9 Å². The van der Waals surface area contributed by atoms with Crippen molar-refractivity contribution in [3.8, 4) is 0 Å². The zero-order valence-corrected chi connectivity index (χ0v) is 13.0. The molecule has 5 heteroatoms. The number of aryl methyl sites for hydroxylation is 2. The number of fused-ring (bicyclic) bond motifs is 1. The number of rotatable bonds is 5. The first-order valence-electron chi connectivity index (χ1n) is 8.15. The van der Waals surface area contributed by atoms with Crippen molar-refractivity contribution < 1.29 is 9.53 Å². The molecule has 2 atom stereocenters. The fourth-order valence-corrected chi connectivity index (χ4v) is 3.41. The summed E-state index contributed by atoms with van der Waals surface area (Å²) < 4.78 is 7.75. The van der Waals surface area contributed by atoms with E-state index in [0.717, 1.165) is 37.4 Å². The van der Waals surface area contributed by atoms with E-state index >= 15 is 0 Å². The molecule has 2 unspecified atom stereocenters. The van der Waals surface area contributed by atoms with Gasteiger partial charge in [0.25, 0.3) is 0 Å². The van der Waals surface area contributed by atoms with Crippen molar-refractivity contribution in [2.45, 2.75) is 58.2 Å². The zero-order valence-electron chi connectivity index (χ0n) is 13.0. The molecule has 2 saturated heterocycles. The van der Waals surface area contributed by atoms with Crippen molar-refractivity contribution >= 4 is 5.78 Å². The Bertz CT molecular complexity index is 512. The molecular weight excluding hydrogens is 266 g/mol. The third-order valence-electron chi connectivity index (χ3n) is 4.68. The van der Waals surface area contributed by atoms with Gasteiger partial charge in [-0.2, -0.15) is 5.10 Å². The lowest BCUT2D eigenvalue weighted by atomic mass is 10.1. The summed E-state index contributed by atoms with van der Waals surface area (Å²) in [6.07, 6.45) is 3.53. The highest BCUT2D eigenvalue weighted by molar-refractivity contribution is 5.85. The van der Waals surface area contributed by atoms with Crippen LogP contribution in [0.5, 0.6) is 0 Å². The number of ketones is 1. The van der Waals surface area contributed by atoms with Crippen molar-refractivity contribution in [2.24, 2.45) is 0 Å². The SMILES string of the molecule is CCc1cc(CC(=O)C2CN3CCCC3CO2)n(CC)n1. The number of hydrogen-bond acceptors (Lipinski definition) is 4. The second-order valence-corrected chi connectivity index (χ2v) is 6.05. The average molecular weight is 291 g/mol. The molecule has 3 rings (SSSR count). The quantitative estimate of drug-likeness (QED) is 0.823. The summed E-state index contributed by atoms with van der Waals surface area (Å²) >= 11 is 0. The molecule has 2 aliphatic heterocycles. The van der Waals surface area contributed by atoms with Gasteiger partial charge in [-0.1, -0.05) is 6.92 Å². The van der Waals surface area contributed by atoms with Crippen LogP contribution in [0.3, 0.4) is 0 Å². The number of hydrogen-bond donors (Lipinski definition) is 0. The van der Waals surface area contributed by atoms with Crippen LogP contribution in [0.15, 0.2) is 6.07 Å². The molecule has 0 N–H and O–H groups in total. The van der Waals surface area contributed by atoms with E-state index in [2.05, 4.69) is 29.9 Å². The molecule has 21 heavy (non-hydrogen) atoms. The zero-order chi connectivity index (χ0) is 14.8. The van der Waals surface area contributed by atoms with E-state index in [1.54, 1.807) is 0 Å². The van der Waals surface area contributed by atoms with E-state index in [0.29, 0.717) is 19.1 Å². The maximum Gasteiger partial charge on any atom is 0.168 e. The van der Waals surface area contributed by atoms with Crippen molar-refractivity contribution in [1.82, 2.24) is 14.7 Å². The van der Waals surface area contributed by atoms with Crippen LogP contribution < -0.4 is 0 Å². The van der Waals surface area contributed by atoms with Gasteiger partial charge in [0.15, 0.2) is 5.78 Å². The van der Waals surface area contributed by atoms with Crippen LogP contribution in [-0.4, -0.2) is 52.3 Å². The monoisotopic (exact) mass is 291 g/mol. The van der Waals surface area contributed by atoms with Gasteiger partial charge >= 0.3 is 0 Å². The fraction of sp³-hybridized carbons (Fsp3) is 0.750. The number of carbonyl (C=O) groups excluding carboxylic acids is 1. The molecule has 1 aromatic heterocycles. The summed E-state index contributed by atoms with van der Waals surface area (Å²) in [5.41, 5.74) is 2.08. The first-order valence-corrected chi connectivity index (χ1v) is 8.15. The van der Waals surface area contributed by atoms with Crippen LogP contribution in [0, 0.1) is 0 Å². The van der Waals surface area contributed by atoms with Crippen molar-refractivity contribution in [3.63, 3.8) is 0 Å². The summed E-state index contributed by atoms with van der Waals surface area (Å²) in [6, 6.07) is 2.60. The van der Waals surface area contributed by atoms with Crippen molar-refractivity contribution in [3.05, 3.63) is 17.5 Å². The summed E-state index contributed by atoms with van der Waals surface area (Å²) in [6.45, 7) is 7.55. The third-order valence-corrected chi connectivity index (χ3v) is 4.68. The number of nitrogens with zero attached hydrogens (tertiary/aromatic N) is 3. The highest BCUT2D eigenvalue weighted by Crippen LogP contribution is 2.23. The number of ether oxygens (including phenoxy) is 1. The maximum atomic E-state index is 12.5. The Morgan fingerprint density at radius 3 is 3.10 bits per heavy atom. The number of Topliss-reactive ketones (excluding diaryl/α,β-unsaturated/α-hetero) is 1. The van der Waals surface area contributed by atoms with Crippen LogP contribution in [0.4, 0.5) is 0 Å². The molecule has 3 heterocycles. The fourth-order valence-electron chi connectivity index (χ4n) is 3.41. The van der Waals surface area contributed by atoms with E-state index in [9.17, 15) is 4.79 Å². The Morgan fingerprint density at radius 2 is 2.33 bits per heavy atom. The van der Waals surface area contributed by atoms with Gasteiger partial charge in [0.2, 0.25) is 0 Å². The van der Waals surface area contributed by atoms with Crippen LogP contribution in [0.1, 0.15) is 38.1 Å². The smallest absolute Gasteiger partial charge is 0.168 e. The highest BCUT2D eigenvalue weighted by Gasteiger charge is 2.35. The Labute approximate surface area is 126 Å². The minimum atomic E-state index is -0.260. The number of morpholine rings is 1. The van der Waals surface area contributed by atoms with E-state index in [1.165, 1.54) is 12.8 Å². The third kappa shape index (κ3) is 3.04. The minimum Gasteiger partial charge on any atom is -0.367 e. The molecule has 0 spiro atoms. The highest BCUT2D eigenvalue weighted by atomic mass is 16.5. The van der Waals surface area contributed by atoms with E-state index < -0.39 is 0 Å². The summed E-state index contributed by atoms with van der Waals surface area (Å²) in [4.78, 5) is 14.9. The molecule has 0 aliphatic carbocycles. The topological polar surface area (TPSA) is 47.4 Å². The van der Waals surface area contributed by atoms with Gasteiger partial charge in [0.1, 0.15) is 6.10 Å². The molecule has 0 saturated carbocycles. The van der Waals surface area contributed by atoms with Gasteiger partial charge in [-0.05, 0) is 38.8 Å². The largest absolute Gasteiger partial charge is 0.367 e. The molecule has 1 aromatic rings. The van der Waals surface area contributed by atoms with Gasteiger partial charge in [-0.15, -0.1) is 0 Å². The predicted octanol–water partition coefficient (Wildman–Crippen LogP) is 1.44. The Kier molecular flexibility index (Phi) is 4.40. The molecule has 2 aliphatic rings. The first kappa shape index (κ1) is 14.7. The Hall–Kier alpha value is -1.20. The molecule has 0 aromatic carbocycles. The van der Waals surface area contributed by atoms with Gasteiger partial charge in [0.05, 0.1) is 18.7 Å². The molecule has 0 amide bonds. The van der Waals surface area contributed by atoms with E-state index in [-0.39, 0.29) is 11.9 Å². The number of carbonyl (C=O) groups is 1. The molecule has 116 valence electrons. The van der Waals surface area contributed by atoms with Crippen LogP contribution >= 0.6 is 0 Å². The molecule has 5 nitrogen and oxygen atoms in total. The van der Waals surface area contributed by atoms with Gasteiger partial charge < -0.3 is 4.74 Å². The normalized spacial score (nSPS) is 26.0. The first-order chi connectivity index (χ1) is 10.2. The minimum absolute atomic E-state index is 0.192. The van der Waals surface area contributed by atoms with Gasteiger partial charge in [0, 0.05) is 24.8 Å². The molecule has 2 fully saturated rings. The van der Waals surface area contributed by atoms with Gasteiger partial charge in [-0.25, -0.2) is 0 Å². The van der Waals surface area contributed by atoms with Crippen LogP contribution in [0.2, 0.25) is 0 Å². The lowest BCUT2D eigenvalue weighted by Gasteiger charge is -2.34.